The molecule has 0 radical (unpaired) electrons. The minimum Gasteiger partial charge on any atom is -0.496 e. The first-order valence-electron chi connectivity index (χ1n) is 13.7. The Morgan fingerprint density at radius 2 is 1.17 bits per heavy atom. The van der Waals surface area contributed by atoms with Crippen molar-refractivity contribution in [2.75, 3.05) is 28.4 Å². The number of carbonyl (C=O) groups excluding carboxylic acids is 2. The molecule has 246 valence electrons. The summed E-state index contributed by atoms with van der Waals surface area (Å²) in [7, 11) is -3.40. The minimum atomic E-state index is -5.05. The lowest BCUT2D eigenvalue weighted by Crippen LogP contribution is -2.13. The van der Waals surface area contributed by atoms with Gasteiger partial charge < -0.3 is 32.5 Å². The van der Waals surface area contributed by atoms with Gasteiger partial charge in [-0.2, -0.15) is 4.57 Å². The summed E-state index contributed by atoms with van der Waals surface area (Å²) in [5, 5.41) is 0.985. The van der Waals surface area contributed by atoms with E-state index in [1.165, 1.54) is 77.0 Å². The molecule has 0 heterocycles. The van der Waals surface area contributed by atoms with Crippen LogP contribution in [0.25, 0.3) is 6.08 Å². The molecule has 0 atom stereocenters. The highest BCUT2D eigenvalue weighted by Gasteiger charge is 2.39. The van der Waals surface area contributed by atoms with Crippen molar-refractivity contribution < 1.29 is 55.1 Å². The van der Waals surface area contributed by atoms with Gasteiger partial charge in [-0.15, -0.1) is 0 Å². The van der Waals surface area contributed by atoms with E-state index in [-0.39, 0.29) is 28.2 Å². The molecule has 0 aliphatic heterocycles. The maximum absolute atomic E-state index is 13.9. The first-order chi connectivity index (χ1) is 22.5. The Hall–Kier alpha value is -5.26. The van der Waals surface area contributed by atoms with Crippen molar-refractivity contribution in [3.8, 4) is 28.7 Å². The molecule has 0 aromatic heterocycles. The minimum absolute atomic E-state index is 0.0100. The number of carbonyl (C=O) groups is 2. The van der Waals surface area contributed by atoms with E-state index in [0.29, 0.717) is 22.8 Å². The monoisotopic (exact) mass is 682 g/mol. The van der Waals surface area contributed by atoms with Gasteiger partial charge in [0, 0.05) is 17.5 Å². The molecule has 0 spiro atoms. The van der Waals surface area contributed by atoms with Crippen LogP contribution in [0.15, 0.2) is 96.4 Å². The van der Waals surface area contributed by atoms with Crippen LogP contribution in [-0.2, 0) is 29.2 Å². The lowest BCUT2D eigenvalue weighted by atomic mass is 10.1. The summed E-state index contributed by atoms with van der Waals surface area (Å²) in [6.45, 7) is 0. The average molecular weight is 683 g/mol. The lowest BCUT2D eigenvalue weighted by molar-refractivity contribution is 0.0573. The molecule has 0 saturated heterocycles. The summed E-state index contributed by atoms with van der Waals surface area (Å²) in [6.07, 6.45) is 1.33. The van der Waals surface area contributed by atoms with E-state index in [1.54, 1.807) is 48.5 Å². The van der Waals surface area contributed by atoms with E-state index in [2.05, 4.69) is 0 Å². The summed E-state index contributed by atoms with van der Waals surface area (Å²) >= 11 is 0. The fourth-order valence-electron chi connectivity index (χ4n) is 4.16. The van der Waals surface area contributed by atoms with Crippen molar-refractivity contribution in [3.05, 3.63) is 119 Å². The molecule has 4 rings (SSSR count). The van der Waals surface area contributed by atoms with Crippen molar-refractivity contribution >= 4 is 35.7 Å². The van der Waals surface area contributed by atoms with Crippen molar-refractivity contribution in [2.24, 2.45) is 0 Å². The van der Waals surface area contributed by atoms with Crippen LogP contribution in [0.3, 0.4) is 0 Å². The van der Waals surface area contributed by atoms with Crippen LogP contribution >= 0.6 is 7.82 Å². The van der Waals surface area contributed by atoms with Gasteiger partial charge in [-0.1, -0.05) is 42.5 Å². The summed E-state index contributed by atoms with van der Waals surface area (Å²) in [4.78, 5) is 25.8. The summed E-state index contributed by atoms with van der Waals surface area (Å²) in [5.41, 5.74) is 0.556. The van der Waals surface area contributed by atoms with Crippen LogP contribution in [0.5, 0.6) is 28.7 Å². The zero-order valence-corrected chi connectivity index (χ0v) is 27.5. The third-order valence-corrected chi connectivity index (χ3v) is 8.90. The van der Waals surface area contributed by atoms with Crippen LogP contribution in [0, 0.1) is 0 Å². The molecule has 0 aliphatic carbocycles. The van der Waals surface area contributed by atoms with E-state index in [9.17, 15) is 22.6 Å². The van der Waals surface area contributed by atoms with Gasteiger partial charge in [0.2, 0.25) is 0 Å². The number of phosphoric acid groups is 1. The molecular weight excluding hydrogens is 651 g/mol. The maximum atomic E-state index is 13.9. The first-order valence-corrected chi connectivity index (χ1v) is 16.9. The van der Waals surface area contributed by atoms with Crippen molar-refractivity contribution in [2.45, 2.75) is 5.75 Å². The zero-order chi connectivity index (χ0) is 34.0. The third kappa shape index (κ3) is 9.15. The molecule has 0 N–H and O–H groups in total. The van der Waals surface area contributed by atoms with Crippen molar-refractivity contribution in [1.82, 2.24) is 0 Å². The second-order valence-corrected chi connectivity index (χ2v) is 12.9. The van der Waals surface area contributed by atoms with E-state index in [4.69, 9.17) is 32.5 Å². The molecule has 0 saturated carbocycles. The Kier molecular flexibility index (Phi) is 11.3. The van der Waals surface area contributed by atoms with Gasteiger partial charge >= 0.3 is 19.8 Å². The Bertz CT molecular complexity index is 1830. The highest BCUT2D eigenvalue weighted by Crippen LogP contribution is 2.53. The molecule has 4 aromatic rings. The summed E-state index contributed by atoms with van der Waals surface area (Å²) in [5.74, 6) is -1.97. The predicted octanol–water partition coefficient (Wildman–Crippen LogP) is 6.51. The van der Waals surface area contributed by atoms with E-state index in [1.807, 2.05) is 0 Å². The third-order valence-electron chi connectivity index (χ3n) is 6.41. The lowest BCUT2D eigenvalue weighted by Gasteiger charge is -2.19. The molecule has 14 heteroatoms. The molecule has 0 bridgehead atoms. The highest BCUT2D eigenvalue weighted by atomic mass is 32.2. The number of rotatable bonds is 14. The van der Waals surface area contributed by atoms with Gasteiger partial charge in [0.1, 0.15) is 17.2 Å². The Morgan fingerprint density at radius 3 is 1.64 bits per heavy atom. The first kappa shape index (κ1) is 34.6. The van der Waals surface area contributed by atoms with Crippen LogP contribution < -0.4 is 23.5 Å². The Balaban J connectivity index is 1.64. The fourth-order valence-corrected chi connectivity index (χ4v) is 6.36. The second kappa shape index (κ2) is 15.4. The number of sulfone groups is 1. The van der Waals surface area contributed by atoms with E-state index in [0.717, 1.165) is 5.41 Å². The number of methoxy groups -OCH3 is 4. The number of hydrogen-bond donors (Lipinski definition) is 0. The average Bonchev–Trinajstić information content (AvgIpc) is 3.07. The van der Waals surface area contributed by atoms with Gasteiger partial charge in [-0.05, 0) is 48.0 Å². The van der Waals surface area contributed by atoms with Crippen LogP contribution in [0.1, 0.15) is 31.8 Å². The summed E-state index contributed by atoms with van der Waals surface area (Å²) in [6, 6.07) is 22.4. The number of phosphoric ester groups is 1. The van der Waals surface area contributed by atoms with Gasteiger partial charge in [0.05, 0.1) is 50.9 Å². The molecule has 47 heavy (non-hydrogen) atoms. The molecule has 0 aliphatic rings. The molecule has 0 unspecified atom stereocenters. The zero-order valence-electron chi connectivity index (χ0n) is 25.8. The standard InChI is InChI=1S/C33H31O12PS/c1-39-26-20-29(41-3)27(30(21-26)42-4)17-18-47(37,38)22-23-15-16-28(40-2)31(19-23)43-46(36,44-32(34)24-11-7-5-8-12-24)45-33(35)25-13-9-6-10-14-25/h5-21H,22H2,1-4H3/b18-17+. The van der Waals surface area contributed by atoms with Crippen LogP contribution in [0.4, 0.5) is 0 Å². The van der Waals surface area contributed by atoms with E-state index < -0.39 is 35.4 Å². The van der Waals surface area contributed by atoms with Gasteiger partial charge in [0.25, 0.3) is 0 Å². The SMILES string of the molecule is COc1cc(OC)c(/C=C/S(=O)(=O)Cc2ccc(OC)c(OP(=O)(OC(=O)c3ccccc3)OC(=O)c3ccccc3)c2)c(OC)c1. The van der Waals surface area contributed by atoms with Gasteiger partial charge in [-0.25, -0.2) is 18.0 Å². The second-order valence-electron chi connectivity index (χ2n) is 9.57. The molecule has 0 amide bonds. The normalized spacial score (nSPS) is 11.4. The Morgan fingerprint density at radius 1 is 0.660 bits per heavy atom. The highest BCUT2D eigenvalue weighted by molar-refractivity contribution is 7.93. The smallest absolute Gasteiger partial charge is 0.496 e. The van der Waals surface area contributed by atoms with Crippen molar-refractivity contribution in [1.29, 1.82) is 0 Å². The quantitative estimate of drug-likeness (QED) is 0.133. The van der Waals surface area contributed by atoms with E-state index >= 15 is 0 Å². The number of ether oxygens (including phenoxy) is 4. The summed E-state index contributed by atoms with van der Waals surface area (Å²) < 4.78 is 77.4. The van der Waals surface area contributed by atoms with Crippen LogP contribution in [-0.4, -0.2) is 48.8 Å². The predicted molar refractivity (Wildman–Crippen MR) is 173 cm³/mol. The van der Waals surface area contributed by atoms with Crippen LogP contribution in [0.2, 0.25) is 0 Å². The number of benzene rings is 4. The molecule has 12 nitrogen and oxygen atoms in total. The Labute approximate surface area is 271 Å². The topological polar surface area (TPSA) is 150 Å². The molecule has 4 aromatic carbocycles. The van der Waals surface area contributed by atoms with Crippen molar-refractivity contribution in [3.63, 3.8) is 0 Å². The van der Waals surface area contributed by atoms with Gasteiger partial charge in [0.15, 0.2) is 21.3 Å². The maximum Gasteiger partial charge on any atom is 0.652 e. The molecule has 0 fully saturated rings. The fraction of sp³-hybridized carbons (Fsp3) is 0.152. The molecular formula is C33H31O12PS. The largest absolute Gasteiger partial charge is 0.652 e. The number of hydrogen-bond acceptors (Lipinski definition) is 12. The van der Waals surface area contributed by atoms with Gasteiger partial charge in [-0.3, -0.25) is 0 Å².